The van der Waals surface area contributed by atoms with Crippen molar-refractivity contribution in [1.29, 1.82) is 0 Å². The van der Waals surface area contributed by atoms with Crippen molar-refractivity contribution in [3.63, 3.8) is 0 Å². The molecule has 4 aromatic rings. The van der Waals surface area contributed by atoms with Crippen LogP contribution in [0.25, 0.3) is 33.6 Å². The average molecular weight is 346 g/mol. The molecule has 0 aliphatic heterocycles. The smallest absolute Gasteiger partial charge is 0.243 e. The van der Waals surface area contributed by atoms with Crippen molar-refractivity contribution < 1.29 is 8.78 Å². The Bertz CT molecular complexity index is 1050. The maximum atomic E-state index is 14.7. The van der Waals surface area contributed by atoms with Gasteiger partial charge in [0.15, 0.2) is 0 Å². The maximum absolute atomic E-state index is 14.7. The van der Waals surface area contributed by atoms with Crippen molar-refractivity contribution in [3.8, 4) is 33.6 Å². The van der Waals surface area contributed by atoms with Gasteiger partial charge in [0.05, 0.1) is 11.3 Å². The van der Waals surface area contributed by atoms with Crippen molar-refractivity contribution >= 4 is 0 Å². The Kier molecular flexibility index (Phi) is 4.15. The van der Waals surface area contributed by atoms with Crippen molar-refractivity contribution in [1.82, 2.24) is 20.2 Å². The standard InChI is InChI=1S/C20H12F2N4/c21-15-8-2-1-7-14(15)19-17(13-6-5-10-23-12-13)18(20(22)26-25-19)16-9-3-4-11-24-16/h1-12H. The average Bonchev–Trinajstić information content (AvgIpc) is 2.70. The number of rotatable bonds is 3. The van der Waals surface area contributed by atoms with Gasteiger partial charge in [0.1, 0.15) is 11.5 Å². The van der Waals surface area contributed by atoms with Crippen LogP contribution in [0.3, 0.4) is 0 Å². The van der Waals surface area contributed by atoms with Crippen molar-refractivity contribution in [3.05, 3.63) is 85.0 Å². The van der Waals surface area contributed by atoms with Crippen LogP contribution in [0, 0.1) is 11.8 Å². The van der Waals surface area contributed by atoms with Crippen LogP contribution in [0.5, 0.6) is 0 Å². The predicted octanol–water partition coefficient (Wildman–Crippen LogP) is 4.55. The molecule has 0 bridgehead atoms. The fraction of sp³-hybridized carbons (Fsp3) is 0. The number of nitrogens with zero attached hydrogens (tertiary/aromatic N) is 4. The number of benzene rings is 1. The molecule has 0 spiro atoms. The molecule has 4 rings (SSSR count). The van der Waals surface area contributed by atoms with Gasteiger partial charge < -0.3 is 0 Å². The third kappa shape index (κ3) is 2.82. The SMILES string of the molecule is Fc1ccccc1-c1nnc(F)c(-c2ccccn2)c1-c1cccnc1. The first kappa shape index (κ1) is 16.0. The van der Waals surface area contributed by atoms with Gasteiger partial charge in [-0.25, -0.2) is 4.39 Å². The largest absolute Gasteiger partial charge is 0.264 e. The van der Waals surface area contributed by atoms with Crippen LogP contribution in [-0.2, 0) is 0 Å². The lowest BCUT2D eigenvalue weighted by atomic mass is 9.94. The summed E-state index contributed by atoms with van der Waals surface area (Å²) in [6.45, 7) is 0. The summed E-state index contributed by atoms with van der Waals surface area (Å²) in [6.07, 6.45) is 4.75. The van der Waals surface area contributed by atoms with E-state index < -0.39 is 11.8 Å². The van der Waals surface area contributed by atoms with Crippen LogP contribution in [0.1, 0.15) is 0 Å². The van der Waals surface area contributed by atoms with E-state index in [0.29, 0.717) is 16.8 Å². The monoisotopic (exact) mass is 346 g/mol. The minimum atomic E-state index is -0.775. The van der Waals surface area contributed by atoms with Gasteiger partial charge in [-0.1, -0.05) is 24.3 Å². The minimum Gasteiger partial charge on any atom is -0.264 e. The zero-order valence-corrected chi connectivity index (χ0v) is 13.5. The molecule has 4 nitrogen and oxygen atoms in total. The lowest BCUT2D eigenvalue weighted by Crippen LogP contribution is -2.03. The molecule has 0 N–H and O–H groups in total. The summed E-state index contributed by atoms with van der Waals surface area (Å²) in [5.74, 6) is -1.24. The molecule has 126 valence electrons. The third-order valence-corrected chi connectivity index (χ3v) is 3.93. The van der Waals surface area contributed by atoms with Crippen LogP contribution >= 0.6 is 0 Å². The Balaban J connectivity index is 2.10. The second kappa shape index (κ2) is 6.76. The van der Waals surface area contributed by atoms with Gasteiger partial charge in [-0.2, -0.15) is 4.39 Å². The van der Waals surface area contributed by atoms with Crippen molar-refractivity contribution in [2.75, 3.05) is 0 Å². The van der Waals surface area contributed by atoms with E-state index in [1.807, 2.05) is 0 Å². The van der Waals surface area contributed by atoms with Gasteiger partial charge in [-0.15, -0.1) is 10.2 Å². The molecule has 0 atom stereocenters. The Morgan fingerprint density at radius 3 is 2.31 bits per heavy atom. The zero-order chi connectivity index (χ0) is 17.9. The van der Waals surface area contributed by atoms with Crippen LogP contribution in [0.4, 0.5) is 8.78 Å². The lowest BCUT2D eigenvalue weighted by molar-refractivity contribution is 0.567. The molecular formula is C20H12F2N4. The van der Waals surface area contributed by atoms with E-state index in [4.69, 9.17) is 0 Å². The molecule has 0 fully saturated rings. The maximum Gasteiger partial charge on any atom is 0.243 e. The number of hydrogen-bond acceptors (Lipinski definition) is 4. The van der Waals surface area contributed by atoms with E-state index in [-0.39, 0.29) is 16.8 Å². The predicted molar refractivity (Wildman–Crippen MR) is 93.8 cm³/mol. The van der Waals surface area contributed by atoms with Crippen LogP contribution in [0.15, 0.2) is 73.2 Å². The number of pyridine rings is 2. The number of hydrogen-bond donors (Lipinski definition) is 0. The number of halogens is 2. The fourth-order valence-electron chi connectivity index (χ4n) is 2.79. The topological polar surface area (TPSA) is 51.6 Å². The summed E-state index contributed by atoms with van der Waals surface area (Å²) in [5.41, 5.74) is 2.01. The summed E-state index contributed by atoms with van der Waals surface area (Å²) < 4.78 is 29.1. The molecule has 0 aliphatic carbocycles. The quantitative estimate of drug-likeness (QED) is 0.546. The second-order valence-corrected chi connectivity index (χ2v) is 5.53. The summed E-state index contributed by atoms with van der Waals surface area (Å²) in [4.78, 5) is 8.33. The second-order valence-electron chi connectivity index (χ2n) is 5.53. The molecule has 0 radical (unpaired) electrons. The highest BCUT2D eigenvalue weighted by molar-refractivity contribution is 5.91. The highest BCUT2D eigenvalue weighted by Gasteiger charge is 2.23. The first-order valence-electron chi connectivity index (χ1n) is 7.88. The van der Waals surface area contributed by atoms with E-state index in [1.165, 1.54) is 6.07 Å². The Morgan fingerprint density at radius 1 is 0.731 bits per heavy atom. The Hall–Kier alpha value is -3.54. The summed E-state index contributed by atoms with van der Waals surface area (Å²) >= 11 is 0. The number of aromatic nitrogens is 4. The molecule has 26 heavy (non-hydrogen) atoms. The zero-order valence-electron chi connectivity index (χ0n) is 13.5. The van der Waals surface area contributed by atoms with Crippen LogP contribution < -0.4 is 0 Å². The molecule has 0 aliphatic rings. The summed E-state index contributed by atoms with van der Waals surface area (Å²) in [7, 11) is 0. The van der Waals surface area contributed by atoms with E-state index in [2.05, 4.69) is 20.2 Å². The molecule has 0 unspecified atom stereocenters. The minimum absolute atomic E-state index is 0.159. The molecule has 1 aromatic carbocycles. The molecule has 3 aromatic heterocycles. The molecule has 0 saturated carbocycles. The van der Waals surface area contributed by atoms with Crippen molar-refractivity contribution in [2.24, 2.45) is 0 Å². The highest BCUT2D eigenvalue weighted by atomic mass is 19.1. The van der Waals surface area contributed by atoms with Gasteiger partial charge in [-0.05, 0) is 30.3 Å². The molecular weight excluding hydrogens is 334 g/mol. The van der Waals surface area contributed by atoms with Crippen molar-refractivity contribution in [2.45, 2.75) is 0 Å². The normalized spacial score (nSPS) is 10.7. The fourth-order valence-corrected chi connectivity index (χ4v) is 2.79. The van der Waals surface area contributed by atoms with Gasteiger partial charge in [0.25, 0.3) is 0 Å². The molecule has 0 amide bonds. The summed E-state index contributed by atoms with van der Waals surface area (Å²) in [6, 6.07) is 14.8. The lowest BCUT2D eigenvalue weighted by Gasteiger charge is -2.14. The van der Waals surface area contributed by atoms with Gasteiger partial charge in [0, 0.05) is 35.3 Å². The van der Waals surface area contributed by atoms with E-state index in [9.17, 15) is 8.78 Å². The van der Waals surface area contributed by atoms with Crippen LogP contribution in [-0.4, -0.2) is 20.2 Å². The van der Waals surface area contributed by atoms with E-state index in [0.717, 1.165) is 0 Å². The Morgan fingerprint density at radius 2 is 1.58 bits per heavy atom. The Labute approximate surface area is 148 Å². The first-order chi connectivity index (χ1) is 12.8. The molecule has 0 saturated heterocycles. The summed E-state index contributed by atoms with van der Waals surface area (Å²) in [5, 5.41) is 7.57. The van der Waals surface area contributed by atoms with E-state index in [1.54, 1.807) is 67.1 Å². The van der Waals surface area contributed by atoms with Gasteiger partial charge in [-0.3, -0.25) is 9.97 Å². The molecule has 6 heteroatoms. The first-order valence-corrected chi connectivity index (χ1v) is 7.88. The highest BCUT2D eigenvalue weighted by Crippen LogP contribution is 2.39. The van der Waals surface area contributed by atoms with Crippen LogP contribution in [0.2, 0.25) is 0 Å². The van der Waals surface area contributed by atoms with E-state index >= 15 is 0 Å². The van der Waals surface area contributed by atoms with Gasteiger partial charge in [0.2, 0.25) is 5.95 Å². The molecule has 3 heterocycles. The third-order valence-electron chi connectivity index (χ3n) is 3.93. The van der Waals surface area contributed by atoms with Gasteiger partial charge >= 0.3 is 0 Å².